The number of hydrogen-bond acceptors (Lipinski definition) is 3. The Hall–Kier alpha value is -0.120. The molecule has 2 atom stereocenters. The van der Waals surface area contributed by atoms with Crippen molar-refractivity contribution in [1.82, 2.24) is 4.90 Å². The van der Waals surface area contributed by atoms with Gasteiger partial charge in [-0.1, -0.05) is 41.0 Å². The second-order valence-electron chi connectivity index (χ2n) is 9.56. The molecule has 0 aromatic carbocycles. The smallest absolute Gasteiger partial charge is 0.168 e. The quantitative estimate of drug-likeness (QED) is 0.471. The maximum Gasteiger partial charge on any atom is 0.168 e. The second kappa shape index (κ2) is 9.89. The van der Waals surface area contributed by atoms with Crippen molar-refractivity contribution < 1.29 is 9.47 Å². The van der Waals surface area contributed by atoms with Crippen molar-refractivity contribution in [3.8, 4) is 0 Å². The Labute approximate surface area is 163 Å². The van der Waals surface area contributed by atoms with Gasteiger partial charge < -0.3 is 14.4 Å². The van der Waals surface area contributed by atoms with E-state index in [0.29, 0.717) is 17.6 Å². The predicted octanol–water partition coefficient (Wildman–Crippen LogP) is 6.02. The fourth-order valence-electron chi connectivity index (χ4n) is 5.12. The van der Waals surface area contributed by atoms with Gasteiger partial charge in [0.15, 0.2) is 5.79 Å². The summed E-state index contributed by atoms with van der Waals surface area (Å²) in [5, 5.41) is 0. The lowest BCUT2D eigenvalue weighted by molar-refractivity contribution is -0.197. The van der Waals surface area contributed by atoms with Crippen LogP contribution in [0.2, 0.25) is 0 Å². The molecular formula is C23H45NO2. The molecule has 0 aromatic heterocycles. The zero-order chi connectivity index (χ0) is 19.2. The molecular weight excluding hydrogens is 322 g/mol. The molecule has 1 spiro atoms. The molecule has 2 rings (SSSR count). The Balaban J connectivity index is 1.79. The Bertz CT molecular complexity index is 401. The summed E-state index contributed by atoms with van der Waals surface area (Å²) in [6.45, 7) is 17.3. The van der Waals surface area contributed by atoms with Crippen LogP contribution < -0.4 is 0 Å². The zero-order valence-electron chi connectivity index (χ0n) is 18.5. The van der Waals surface area contributed by atoms with Crippen LogP contribution in [0.3, 0.4) is 0 Å². The van der Waals surface area contributed by atoms with Crippen LogP contribution in [0.25, 0.3) is 0 Å². The molecule has 0 amide bonds. The maximum absolute atomic E-state index is 6.50. The molecule has 0 radical (unpaired) electrons. The third kappa shape index (κ3) is 5.69. The van der Waals surface area contributed by atoms with Gasteiger partial charge in [-0.3, -0.25) is 0 Å². The topological polar surface area (TPSA) is 21.7 Å². The van der Waals surface area contributed by atoms with Gasteiger partial charge >= 0.3 is 0 Å². The van der Waals surface area contributed by atoms with Crippen LogP contribution in [0.5, 0.6) is 0 Å². The van der Waals surface area contributed by atoms with Crippen molar-refractivity contribution in [2.24, 2.45) is 11.3 Å². The highest BCUT2D eigenvalue weighted by molar-refractivity contribution is 4.90. The molecule has 2 fully saturated rings. The SMILES string of the molecule is CCCN(CCC1COC2(CCC(C(C)(C)CCC)CC2)O1)C(C)CC. The number of hydrogen-bond donors (Lipinski definition) is 0. The Morgan fingerprint density at radius 1 is 1.08 bits per heavy atom. The summed E-state index contributed by atoms with van der Waals surface area (Å²) >= 11 is 0. The van der Waals surface area contributed by atoms with E-state index in [0.717, 1.165) is 38.3 Å². The molecule has 3 nitrogen and oxygen atoms in total. The summed E-state index contributed by atoms with van der Waals surface area (Å²) in [4.78, 5) is 2.62. The van der Waals surface area contributed by atoms with E-state index in [1.54, 1.807) is 0 Å². The Morgan fingerprint density at radius 3 is 2.35 bits per heavy atom. The fraction of sp³-hybridized carbons (Fsp3) is 1.00. The van der Waals surface area contributed by atoms with Crippen molar-refractivity contribution in [1.29, 1.82) is 0 Å². The second-order valence-corrected chi connectivity index (χ2v) is 9.56. The molecule has 26 heavy (non-hydrogen) atoms. The van der Waals surface area contributed by atoms with E-state index in [-0.39, 0.29) is 5.79 Å². The summed E-state index contributed by atoms with van der Waals surface area (Å²) in [6.07, 6.45) is 11.2. The van der Waals surface area contributed by atoms with Gasteiger partial charge in [0.2, 0.25) is 0 Å². The van der Waals surface area contributed by atoms with Crippen LogP contribution >= 0.6 is 0 Å². The van der Waals surface area contributed by atoms with Crippen molar-refractivity contribution in [2.45, 2.75) is 117 Å². The Kier molecular flexibility index (Phi) is 8.43. The van der Waals surface area contributed by atoms with E-state index in [1.165, 1.54) is 45.1 Å². The minimum atomic E-state index is -0.255. The number of nitrogens with zero attached hydrogens (tertiary/aromatic N) is 1. The predicted molar refractivity (Wildman–Crippen MR) is 110 cm³/mol. The molecule has 3 heteroatoms. The highest BCUT2D eigenvalue weighted by Crippen LogP contribution is 2.47. The van der Waals surface area contributed by atoms with E-state index in [4.69, 9.17) is 9.47 Å². The normalized spacial score (nSPS) is 31.0. The van der Waals surface area contributed by atoms with Gasteiger partial charge in [0.25, 0.3) is 0 Å². The molecule has 0 aromatic rings. The summed E-state index contributed by atoms with van der Waals surface area (Å²) in [6, 6.07) is 0.669. The molecule has 1 aliphatic heterocycles. The number of ether oxygens (including phenoxy) is 2. The van der Waals surface area contributed by atoms with Crippen molar-refractivity contribution in [3.63, 3.8) is 0 Å². The van der Waals surface area contributed by atoms with Crippen LogP contribution in [0.15, 0.2) is 0 Å². The van der Waals surface area contributed by atoms with E-state index in [2.05, 4.69) is 46.4 Å². The van der Waals surface area contributed by atoms with Crippen LogP contribution in [0.1, 0.15) is 99.3 Å². The molecule has 1 heterocycles. The molecule has 1 saturated carbocycles. The summed E-state index contributed by atoms with van der Waals surface area (Å²) in [5.74, 6) is 0.569. The first kappa shape index (κ1) is 22.2. The van der Waals surface area contributed by atoms with Gasteiger partial charge in [-0.05, 0) is 63.3 Å². The molecule has 1 saturated heterocycles. The van der Waals surface area contributed by atoms with E-state index < -0.39 is 0 Å². The van der Waals surface area contributed by atoms with Crippen LogP contribution in [0.4, 0.5) is 0 Å². The van der Waals surface area contributed by atoms with E-state index in [1.807, 2.05) is 0 Å². The van der Waals surface area contributed by atoms with Gasteiger partial charge in [-0.2, -0.15) is 0 Å². The first-order valence-electron chi connectivity index (χ1n) is 11.4. The minimum Gasteiger partial charge on any atom is -0.347 e. The fourth-order valence-corrected chi connectivity index (χ4v) is 5.12. The van der Waals surface area contributed by atoms with Crippen molar-refractivity contribution in [3.05, 3.63) is 0 Å². The third-order valence-corrected chi connectivity index (χ3v) is 7.12. The molecule has 0 N–H and O–H groups in total. The Morgan fingerprint density at radius 2 is 1.77 bits per heavy atom. The van der Waals surface area contributed by atoms with Crippen molar-refractivity contribution in [2.75, 3.05) is 19.7 Å². The number of rotatable bonds is 10. The van der Waals surface area contributed by atoms with Gasteiger partial charge in [0.05, 0.1) is 12.7 Å². The average molecular weight is 368 g/mol. The maximum atomic E-state index is 6.50. The van der Waals surface area contributed by atoms with Gasteiger partial charge in [0.1, 0.15) is 0 Å². The van der Waals surface area contributed by atoms with E-state index in [9.17, 15) is 0 Å². The average Bonchev–Trinajstić information content (AvgIpc) is 3.01. The van der Waals surface area contributed by atoms with Crippen LogP contribution in [-0.2, 0) is 9.47 Å². The molecule has 1 aliphatic carbocycles. The van der Waals surface area contributed by atoms with Gasteiger partial charge in [-0.15, -0.1) is 0 Å². The van der Waals surface area contributed by atoms with Gasteiger partial charge in [-0.25, -0.2) is 0 Å². The largest absolute Gasteiger partial charge is 0.347 e. The standard InChI is InChI=1S/C23H45NO2/c1-7-13-22(5,6)20-10-14-23(15-11-20)25-18-21(26-23)12-17-24(16-8-2)19(4)9-3/h19-21H,7-18H2,1-6H3. The lowest BCUT2D eigenvalue weighted by Gasteiger charge is -2.42. The zero-order valence-corrected chi connectivity index (χ0v) is 18.5. The summed E-state index contributed by atoms with van der Waals surface area (Å²) in [5.41, 5.74) is 0.464. The molecule has 2 unspecified atom stereocenters. The molecule has 0 bridgehead atoms. The lowest BCUT2D eigenvalue weighted by atomic mass is 9.68. The van der Waals surface area contributed by atoms with Crippen LogP contribution in [-0.4, -0.2) is 42.5 Å². The highest BCUT2D eigenvalue weighted by Gasteiger charge is 2.46. The summed E-state index contributed by atoms with van der Waals surface area (Å²) in [7, 11) is 0. The third-order valence-electron chi connectivity index (χ3n) is 7.12. The first-order valence-corrected chi connectivity index (χ1v) is 11.4. The minimum absolute atomic E-state index is 0.255. The molecule has 154 valence electrons. The van der Waals surface area contributed by atoms with Gasteiger partial charge in [0, 0.05) is 25.4 Å². The lowest BCUT2D eigenvalue weighted by Crippen LogP contribution is -2.40. The van der Waals surface area contributed by atoms with Crippen molar-refractivity contribution >= 4 is 0 Å². The first-order chi connectivity index (χ1) is 12.4. The highest BCUT2D eigenvalue weighted by atomic mass is 16.7. The molecule has 2 aliphatic rings. The van der Waals surface area contributed by atoms with Crippen LogP contribution in [0, 0.1) is 11.3 Å². The monoisotopic (exact) mass is 367 g/mol. The summed E-state index contributed by atoms with van der Waals surface area (Å²) < 4.78 is 12.8. The van der Waals surface area contributed by atoms with E-state index >= 15 is 0 Å².